The van der Waals surface area contributed by atoms with E-state index in [9.17, 15) is 4.79 Å². The number of piperidine rings is 1. The third-order valence-corrected chi connectivity index (χ3v) is 6.37. The minimum absolute atomic E-state index is 0.0403. The van der Waals surface area contributed by atoms with E-state index in [2.05, 4.69) is 25.7 Å². The lowest BCUT2D eigenvalue weighted by Gasteiger charge is -2.32. The Morgan fingerprint density at radius 1 is 1.09 bits per heavy atom. The molecule has 1 fully saturated rings. The number of hydrogen-bond acceptors (Lipinski definition) is 6. The largest absolute Gasteiger partial charge is 0.343 e. The Labute approximate surface area is 190 Å². The topological polar surface area (TPSA) is 94.1 Å². The van der Waals surface area contributed by atoms with Gasteiger partial charge in [0.25, 0.3) is 0 Å². The fourth-order valence-electron chi connectivity index (χ4n) is 4.38. The van der Waals surface area contributed by atoms with Crippen molar-refractivity contribution in [2.75, 3.05) is 13.1 Å². The summed E-state index contributed by atoms with van der Waals surface area (Å²) in [6.45, 7) is 1.95. The third kappa shape index (κ3) is 4.34. The van der Waals surface area contributed by atoms with Crippen molar-refractivity contribution >= 4 is 23.2 Å². The normalized spacial score (nSPS) is 15.8. The lowest BCUT2D eigenvalue weighted by molar-refractivity contribution is -0.132. The van der Waals surface area contributed by atoms with Gasteiger partial charge in [0.05, 0.1) is 6.54 Å². The molecule has 4 aromatic rings. The minimum Gasteiger partial charge on any atom is -0.343 e. The number of hydrogen-bond donors (Lipinski definition) is 0. The number of amides is 1. The molecule has 9 nitrogen and oxygen atoms in total. The Morgan fingerprint density at radius 2 is 1.91 bits per heavy atom. The van der Waals surface area contributed by atoms with Crippen LogP contribution in [0.2, 0.25) is 5.02 Å². The maximum Gasteiger partial charge on any atom is 0.223 e. The number of likely N-dealkylation sites (tertiary alicyclic amines) is 1. The fourth-order valence-corrected chi connectivity index (χ4v) is 4.50. The van der Waals surface area contributed by atoms with E-state index in [0.717, 1.165) is 29.9 Å². The molecule has 0 saturated carbocycles. The average Bonchev–Trinajstić information content (AvgIpc) is 3.49. The zero-order valence-corrected chi connectivity index (χ0v) is 18.2. The third-order valence-electron chi connectivity index (χ3n) is 6.11. The molecule has 3 aromatic heterocycles. The van der Waals surface area contributed by atoms with Crippen LogP contribution in [0.25, 0.3) is 5.65 Å². The Morgan fingerprint density at radius 3 is 2.66 bits per heavy atom. The van der Waals surface area contributed by atoms with Gasteiger partial charge in [0, 0.05) is 42.6 Å². The van der Waals surface area contributed by atoms with Crippen molar-refractivity contribution in [3.63, 3.8) is 0 Å². The number of pyridine rings is 1. The number of halogens is 1. The molecule has 32 heavy (non-hydrogen) atoms. The summed E-state index contributed by atoms with van der Waals surface area (Å²) >= 11 is 6.05. The Balaban J connectivity index is 1.25. The van der Waals surface area contributed by atoms with Crippen molar-refractivity contribution < 1.29 is 4.79 Å². The van der Waals surface area contributed by atoms with Crippen molar-refractivity contribution in [3.05, 3.63) is 71.4 Å². The van der Waals surface area contributed by atoms with Gasteiger partial charge < -0.3 is 4.90 Å². The van der Waals surface area contributed by atoms with Crippen LogP contribution in [0.4, 0.5) is 0 Å². The summed E-state index contributed by atoms with van der Waals surface area (Å²) in [6.07, 6.45) is 5.71. The number of aromatic nitrogens is 7. The van der Waals surface area contributed by atoms with Gasteiger partial charge in [-0.25, -0.2) is 4.68 Å². The molecular weight excluding hydrogens is 428 g/mol. The molecule has 0 radical (unpaired) electrons. The molecule has 1 aromatic carbocycles. The highest BCUT2D eigenvalue weighted by Gasteiger charge is 2.28. The SMILES string of the molecule is O=C(C[C@H](Cn1cnnn1)c1ccc(Cl)cc1)N1CCC(c2nnc3ccccn23)CC1. The van der Waals surface area contributed by atoms with E-state index >= 15 is 0 Å². The molecule has 5 rings (SSSR count). The molecule has 0 spiro atoms. The van der Waals surface area contributed by atoms with Crippen LogP contribution in [0, 0.1) is 0 Å². The predicted molar refractivity (Wildman–Crippen MR) is 118 cm³/mol. The maximum atomic E-state index is 13.2. The van der Waals surface area contributed by atoms with Gasteiger partial charge in [0.2, 0.25) is 5.91 Å². The first-order valence-electron chi connectivity index (χ1n) is 10.7. The Kier molecular flexibility index (Phi) is 5.81. The molecule has 1 amide bonds. The first-order valence-corrected chi connectivity index (χ1v) is 11.1. The first-order chi connectivity index (χ1) is 15.7. The van der Waals surface area contributed by atoms with Gasteiger partial charge in [-0.05, 0) is 53.1 Å². The lowest BCUT2D eigenvalue weighted by atomic mass is 9.92. The number of carbonyl (C=O) groups excluding carboxylic acids is 1. The molecule has 0 bridgehead atoms. The second-order valence-electron chi connectivity index (χ2n) is 8.13. The average molecular weight is 451 g/mol. The van der Waals surface area contributed by atoms with Crippen molar-refractivity contribution in [1.29, 1.82) is 0 Å². The molecule has 4 heterocycles. The van der Waals surface area contributed by atoms with Crippen molar-refractivity contribution in [3.8, 4) is 0 Å². The van der Waals surface area contributed by atoms with Gasteiger partial charge in [0.15, 0.2) is 5.65 Å². The fraction of sp³-hybridized carbons (Fsp3) is 0.364. The van der Waals surface area contributed by atoms with Crippen molar-refractivity contribution in [2.24, 2.45) is 0 Å². The molecule has 164 valence electrons. The monoisotopic (exact) mass is 450 g/mol. The molecule has 1 aliphatic heterocycles. The second kappa shape index (κ2) is 9.04. The summed E-state index contributed by atoms with van der Waals surface area (Å²) in [6, 6.07) is 13.5. The lowest BCUT2D eigenvalue weighted by Crippen LogP contribution is -2.39. The summed E-state index contributed by atoms with van der Waals surface area (Å²) in [5, 5.41) is 20.7. The number of fused-ring (bicyclic) bond motifs is 1. The van der Waals surface area contributed by atoms with Crippen LogP contribution >= 0.6 is 11.6 Å². The van der Waals surface area contributed by atoms with Crippen LogP contribution < -0.4 is 0 Å². The molecule has 0 unspecified atom stereocenters. The van der Waals surface area contributed by atoms with Crippen molar-refractivity contribution in [2.45, 2.75) is 37.6 Å². The van der Waals surface area contributed by atoms with Crippen LogP contribution in [-0.2, 0) is 11.3 Å². The van der Waals surface area contributed by atoms with Crippen molar-refractivity contribution in [1.82, 2.24) is 39.7 Å². The van der Waals surface area contributed by atoms with Crippen LogP contribution in [0.15, 0.2) is 55.0 Å². The Hall–Kier alpha value is -3.33. The number of nitrogens with zero attached hydrogens (tertiary/aromatic N) is 8. The summed E-state index contributed by atoms with van der Waals surface area (Å²) in [4.78, 5) is 15.1. The number of carbonyl (C=O) groups is 1. The standard InChI is InChI=1S/C22H23ClN8O/c23-19-6-4-16(5-7-19)18(14-30-15-24-27-28-30)13-21(32)29-11-8-17(9-12-29)22-26-25-20-3-1-2-10-31(20)22/h1-7,10,15,17-18H,8-9,11-14H2/t18-/m1/s1. The molecule has 1 atom stereocenters. The molecule has 1 saturated heterocycles. The summed E-state index contributed by atoms with van der Waals surface area (Å²) < 4.78 is 3.71. The van der Waals surface area contributed by atoms with Crippen LogP contribution in [0.3, 0.4) is 0 Å². The summed E-state index contributed by atoms with van der Waals surface area (Å²) in [5.74, 6) is 1.37. The quantitative estimate of drug-likeness (QED) is 0.448. The van der Waals surface area contributed by atoms with Gasteiger partial charge in [0.1, 0.15) is 12.2 Å². The predicted octanol–water partition coefficient (Wildman–Crippen LogP) is 2.95. The minimum atomic E-state index is -0.0403. The highest BCUT2D eigenvalue weighted by molar-refractivity contribution is 6.30. The number of benzene rings is 1. The first kappa shape index (κ1) is 20.6. The molecule has 0 N–H and O–H groups in total. The van der Waals surface area contributed by atoms with E-state index in [4.69, 9.17) is 11.6 Å². The van der Waals surface area contributed by atoms with Gasteiger partial charge in [-0.15, -0.1) is 15.3 Å². The van der Waals surface area contributed by atoms with Gasteiger partial charge in [-0.2, -0.15) is 0 Å². The summed E-state index contributed by atoms with van der Waals surface area (Å²) in [5.41, 5.74) is 1.90. The van der Waals surface area contributed by atoms with E-state index in [0.29, 0.717) is 37.0 Å². The highest BCUT2D eigenvalue weighted by atomic mass is 35.5. The van der Waals surface area contributed by atoms with E-state index in [1.807, 2.05) is 58.0 Å². The van der Waals surface area contributed by atoms with E-state index in [-0.39, 0.29) is 11.8 Å². The van der Waals surface area contributed by atoms with E-state index in [1.54, 1.807) is 11.0 Å². The maximum absolute atomic E-state index is 13.2. The second-order valence-corrected chi connectivity index (χ2v) is 8.56. The van der Waals surface area contributed by atoms with Crippen LogP contribution in [0.1, 0.15) is 42.5 Å². The molecule has 0 aliphatic carbocycles. The molecule has 10 heteroatoms. The Bertz CT molecular complexity index is 1180. The highest BCUT2D eigenvalue weighted by Crippen LogP contribution is 2.29. The smallest absolute Gasteiger partial charge is 0.223 e. The van der Waals surface area contributed by atoms with Gasteiger partial charge in [-0.3, -0.25) is 9.20 Å². The zero-order chi connectivity index (χ0) is 21.9. The van der Waals surface area contributed by atoms with Crippen LogP contribution in [0.5, 0.6) is 0 Å². The van der Waals surface area contributed by atoms with E-state index < -0.39 is 0 Å². The summed E-state index contributed by atoms with van der Waals surface area (Å²) in [7, 11) is 0. The van der Waals surface area contributed by atoms with E-state index in [1.165, 1.54) is 0 Å². The molecule has 1 aliphatic rings. The van der Waals surface area contributed by atoms with Gasteiger partial charge in [-0.1, -0.05) is 29.8 Å². The van der Waals surface area contributed by atoms with Gasteiger partial charge >= 0.3 is 0 Å². The molecular formula is C22H23ClN8O. The zero-order valence-electron chi connectivity index (χ0n) is 17.5. The number of rotatable bonds is 6. The van der Waals surface area contributed by atoms with Crippen LogP contribution in [-0.4, -0.2) is 58.7 Å². The number of tetrazole rings is 1.